The Bertz CT molecular complexity index is 1120. The second kappa shape index (κ2) is 18.8. The Kier molecular flexibility index (Phi) is 22.2. The molecule has 2 aliphatic rings. The van der Waals surface area contributed by atoms with E-state index in [0.717, 1.165) is 0 Å². The number of rotatable bonds is 10. The van der Waals surface area contributed by atoms with Gasteiger partial charge in [0.1, 0.15) is 42.7 Å². The zero-order valence-electron chi connectivity index (χ0n) is 21.0. The van der Waals surface area contributed by atoms with Crippen molar-refractivity contribution in [1.82, 2.24) is 4.72 Å². The van der Waals surface area contributed by atoms with Crippen molar-refractivity contribution >= 4 is 37.1 Å². The van der Waals surface area contributed by atoms with Gasteiger partial charge in [0, 0.05) is 0 Å². The Balaban J connectivity index is -0.00000342. The summed E-state index contributed by atoms with van der Waals surface area (Å²) >= 11 is 0. The number of aliphatic hydroxyl groups is 4. The molecule has 2 rings (SSSR count). The fourth-order valence-corrected chi connectivity index (χ4v) is 4.58. The first-order valence-electron chi connectivity index (χ1n) is 9.07. The van der Waals surface area contributed by atoms with Gasteiger partial charge >= 0.3 is 118 Å². The van der Waals surface area contributed by atoms with Gasteiger partial charge in [-0.05, 0) is 0 Å². The van der Waals surface area contributed by atoms with Gasteiger partial charge in [0.2, 0.25) is 20.8 Å². The summed E-state index contributed by atoms with van der Waals surface area (Å²) in [6, 6.07) is -2.30. The Labute approximate surface area is 315 Å². The molecule has 0 bridgehead atoms. The van der Waals surface area contributed by atoms with E-state index >= 15 is 0 Å². The summed E-state index contributed by atoms with van der Waals surface area (Å²) in [6.07, 6.45) is -22.1. The van der Waals surface area contributed by atoms with E-state index in [4.69, 9.17) is 14.2 Å². The van der Waals surface area contributed by atoms with E-state index in [9.17, 15) is 69.2 Å². The third-order valence-electron chi connectivity index (χ3n) is 4.65. The molecule has 0 radical (unpaired) electrons. The molecule has 0 aromatic heterocycles. The summed E-state index contributed by atoms with van der Waals surface area (Å²) in [4.78, 5) is 11.2. The smallest absolute Gasteiger partial charge is 0.735 e. The number of aliphatic hydroxyl groups excluding tert-OH is 4. The van der Waals surface area contributed by atoms with Crippen molar-refractivity contribution in [2.45, 2.75) is 61.3 Å². The van der Waals surface area contributed by atoms with Crippen LogP contribution >= 0.6 is 0 Å². The summed E-state index contributed by atoms with van der Waals surface area (Å²) in [5.74, 6) is -2.22. The van der Waals surface area contributed by atoms with Gasteiger partial charge in [-0.2, -0.15) is 0 Å². The van der Waals surface area contributed by atoms with Crippen molar-refractivity contribution in [3.05, 3.63) is 0 Å². The first kappa shape index (κ1) is 47.2. The van der Waals surface area contributed by atoms with E-state index < -0.39 is 105 Å². The van der Waals surface area contributed by atoms with Gasteiger partial charge in [-0.25, -0.2) is 30.0 Å². The molecule has 212 valence electrons. The molecule has 0 amide bonds. The molecule has 2 fully saturated rings. The Hall–Kier alpha value is 2.80. The van der Waals surface area contributed by atoms with Gasteiger partial charge in [0.25, 0.3) is 0 Å². The molecule has 0 spiro atoms. The first-order valence-corrected chi connectivity index (χ1v) is 13.1. The maximum Gasteiger partial charge on any atom is 1.00 e. The Morgan fingerprint density at radius 1 is 0.800 bits per heavy atom. The number of ether oxygens (including phenoxy) is 3. The third kappa shape index (κ3) is 14.5. The van der Waals surface area contributed by atoms with Crippen LogP contribution in [-0.2, 0) is 58.5 Å². The summed E-state index contributed by atoms with van der Waals surface area (Å²) < 4.78 is 122. The minimum atomic E-state index is -5.75. The van der Waals surface area contributed by atoms with Crippen molar-refractivity contribution in [2.24, 2.45) is 0 Å². The van der Waals surface area contributed by atoms with Crippen molar-refractivity contribution < 1.29 is 210 Å². The SMILES string of the molecule is O=C([O-])C1O[C@@H](OC2[C@H](O)C(NS(=O)(=O)[O-])C(O)O[C@@H]2COS(=O)(=O)[O-])C(OS(=O)(=O)[O-])[C@@H](O)C1O.[Na+].[Na+].[Na+].[Na+]. The average molecular weight is 683 g/mol. The zero-order valence-corrected chi connectivity index (χ0v) is 31.5. The Morgan fingerprint density at radius 3 is 1.75 bits per heavy atom. The predicted molar refractivity (Wildman–Crippen MR) is 94.3 cm³/mol. The molecule has 0 aromatic carbocycles. The normalized spacial score (nSPS) is 34.7. The number of hydrogen-bond donors (Lipinski definition) is 5. The monoisotopic (exact) mass is 683 g/mol. The molecular formula is C12H17NNa4O20S3. The van der Waals surface area contributed by atoms with Crippen LogP contribution in [0, 0.1) is 0 Å². The van der Waals surface area contributed by atoms with Gasteiger partial charge in [-0.1, -0.05) is 0 Å². The van der Waals surface area contributed by atoms with Gasteiger partial charge in [-0.3, -0.25) is 8.37 Å². The summed E-state index contributed by atoms with van der Waals surface area (Å²) in [7, 11) is -16.7. The molecule has 40 heavy (non-hydrogen) atoms. The molecule has 0 saturated carbocycles. The van der Waals surface area contributed by atoms with Crippen molar-refractivity contribution in [2.75, 3.05) is 6.61 Å². The van der Waals surface area contributed by atoms with Gasteiger partial charge in [0.15, 0.2) is 29.0 Å². The van der Waals surface area contributed by atoms with Crippen LogP contribution in [0.2, 0.25) is 0 Å². The average Bonchev–Trinajstić information content (AvgIpc) is 2.68. The minimum absolute atomic E-state index is 0. The number of hydrogen-bond acceptors (Lipinski definition) is 20. The summed E-state index contributed by atoms with van der Waals surface area (Å²) in [5.41, 5.74) is 0. The molecule has 28 heteroatoms. The summed E-state index contributed by atoms with van der Waals surface area (Å²) in [6.45, 7) is -1.39. The molecule has 2 saturated heterocycles. The van der Waals surface area contributed by atoms with Gasteiger partial charge < -0.3 is 58.2 Å². The third-order valence-corrected chi connectivity index (χ3v) is 6.09. The van der Waals surface area contributed by atoms with Crippen LogP contribution < -0.4 is 128 Å². The molecule has 21 nitrogen and oxygen atoms in total. The molecule has 2 heterocycles. The molecule has 5 N–H and O–H groups in total. The molecular weight excluding hydrogens is 666 g/mol. The van der Waals surface area contributed by atoms with E-state index in [1.807, 2.05) is 0 Å². The van der Waals surface area contributed by atoms with Crippen LogP contribution in [0.5, 0.6) is 0 Å². The van der Waals surface area contributed by atoms with Crippen LogP contribution in [0.15, 0.2) is 0 Å². The van der Waals surface area contributed by atoms with E-state index in [1.165, 1.54) is 4.72 Å². The van der Waals surface area contributed by atoms with Gasteiger partial charge in [-0.15, -0.1) is 0 Å². The fourth-order valence-electron chi connectivity index (χ4n) is 3.22. The van der Waals surface area contributed by atoms with E-state index in [2.05, 4.69) is 8.37 Å². The number of carbonyl (C=O) groups is 1. The largest absolute Gasteiger partial charge is 1.00 e. The van der Waals surface area contributed by atoms with E-state index in [1.54, 1.807) is 0 Å². The first-order chi connectivity index (χ1) is 16.2. The maximum atomic E-state index is 11.2. The molecule has 0 aromatic rings. The molecule has 10 atom stereocenters. The second-order valence-corrected chi connectivity index (χ2v) is 10.3. The Morgan fingerprint density at radius 2 is 1.32 bits per heavy atom. The zero-order chi connectivity index (χ0) is 27.8. The van der Waals surface area contributed by atoms with Crippen molar-refractivity contribution in [3.8, 4) is 0 Å². The van der Waals surface area contributed by atoms with Crippen molar-refractivity contribution in [3.63, 3.8) is 0 Å². The number of carboxylic acid groups (broad SMARTS) is 1. The topological polar surface area (TPSA) is 351 Å². The van der Waals surface area contributed by atoms with E-state index in [0.29, 0.717) is 0 Å². The number of aliphatic carboxylic acids is 1. The minimum Gasteiger partial charge on any atom is -0.735 e. The molecule has 6 unspecified atom stereocenters. The predicted octanol–water partition coefficient (Wildman–Crippen LogP) is -20.6. The molecule has 2 aliphatic heterocycles. The quantitative estimate of drug-likeness (QED) is 0.0810. The van der Waals surface area contributed by atoms with Gasteiger partial charge in [0.05, 0.1) is 12.6 Å². The second-order valence-electron chi connectivity index (χ2n) is 7.14. The van der Waals surface area contributed by atoms with Crippen LogP contribution in [0.3, 0.4) is 0 Å². The van der Waals surface area contributed by atoms with Crippen LogP contribution in [-0.4, -0.2) is 133 Å². The molecule has 0 aliphatic carbocycles. The standard InChI is InChI=1S/C12H21NO20S3.4Na/c14-4-3(13-34(20,21)22)11(19)30-2(1-29-35(23,24)25)7(4)31-12-9(33-36(26,27)28)6(16)5(15)8(32-12)10(17)18;;;;/h2-9,11-16,19H,1H2,(H,17,18)(H,20,21,22)(H,23,24,25)(H,26,27,28);;;;/q;4*+1/p-4/t2-,3?,4-,5?,6+,7?,8?,9?,11?,12-;;;;/m1..../s1. The number of carboxylic acids is 1. The van der Waals surface area contributed by atoms with Crippen LogP contribution in [0.4, 0.5) is 0 Å². The summed E-state index contributed by atoms with van der Waals surface area (Å²) in [5, 5.41) is 51.5. The van der Waals surface area contributed by atoms with E-state index in [-0.39, 0.29) is 118 Å². The van der Waals surface area contributed by atoms with Crippen LogP contribution in [0.1, 0.15) is 0 Å². The van der Waals surface area contributed by atoms with Crippen molar-refractivity contribution in [1.29, 1.82) is 0 Å². The van der Waals surface area contributed by atoms with Crippen LogP contribution in [0.25, 0.3) is 0 Å². The maximum absolute atomic E-state index is 11.2. The number of carbonyl (C=O) groups excluding carboxylic acids is 1. The fraction of sp³-hybridized carbons (Fsp3) is 0.917. The number of nitrogens with one attached hydrogen (secondary N) is 1.